The van der Waals surface area contributed by atoms with Crippen LogP contribution in [-0.2, 0) is 4.74 Å². The number of hydrogen-bond acceptors (Lipinski definition) is 2. The molecule has 0 heterocycles. The SMILES string of the molecule is C[CH-]CCCC(C)(O)CCCC(C)CCCC(C)CCC1=CCC(C)C(C)=C1OCC. The molecule has 0 amide bonds. The van der Waals surface area contributed by atoms with Gasteiger partial charge in [0.1, 0.15) is 5.76 Å². The first-order valence-electron chi connectivity index (χ1n) is 13.2. The molecule has 0 aromatic heterocycles. The second-order valence-corrected chi connectivity index (χ2v) is 10.7. The van der Waals surface area contributed by atoms with Crippen molar-refractivity contribution in [3.8, 4) is 0 Å². The first-order valence-corrected chi connectivity index (χ1v) is 13.2. The molecule has 0 aromatic rings. The van der Waals surface area contributed by atoms with Gasteiger partial charge in [-0.15, -0.1) is 0 Å². The van der Waals surface area contributed by atoms with E-state index in [-0.39, 0.29) is 0 Å². The van der Waals surface area contributed by atoms with E-state index >= 15 is 0 Å². The molecular weight excluding hydrogens is 380 g/mol. The van der Waals surface area contributed by atoms with Crippen molar-refractivity contribution in [3.63, 3.8) is 0 Å². The third-order valence-corrected chi connectivity index (χ3v) is 7.32. The van der Waals surface area contributed by atoms with Crippen molar-refractivity contribution in [2.75, 3.05) is 6.61 Å². The zero-order chi connectivity index (χ0) is 23.3. The highest BCUT2D eigenvalue weighted by atomic mass is 16.5. The van der Waals surface area contributed by atoms with E-state index in [2.05, 4.69) is 54.0 Å². The predicted octanol–water partition coefficient (Wildman–Crippen LogP) is 8.80. The molecule has 1 rings (SSSR count). The van der Waals surface area contributed by atoms with Gasteiger partial charge in [0.15, 0.2) is 0 Å². The molecule has 0 aliphatic heterocycles. The number of hydrogen-bond donors (Lipinski definition) is 1. The molecule has 182 valence electrons. The number of allylic oxidation sites excluding steroid dienone is 3. The van der Waals surface area contributed by atoms with Gasteiger partial charge in [0, 0.05) is 0 Å². The highest BCUT2D eigenvalue weighted by molar-refractivity contribution is 5.34. The summed E-state index contributed by atoms with van der Waals surface area (Å²) >= 11 is 0. The summed E-state index contributed by atoms with van der Waals surface area (Å²) in [4.78, 5) is 0. The highest BCUT2D eigenvalue weighted by Crippen LogP contribution is 2.34. The zero-order valence-corrected chi connectivity index (χ0v) is 21.9. The van der Waals surface area contributed by atoms with Crippen LogP contribution in [0.1, 0.15) is 126 Å². The molecule has 1 N–H and O–H groups in total. The van der Waals surface area contributed by atoms with Crippen LogP contribution in [-0.4, -0.2) is 17.3 Å². The molecule has 4 atom stereocenters. The Morgan fingerprint density at radius 3 is 2.35 bits per heavy atom. The van der Waals surface area contributed by atoms with Crippen LogP contribution in [0.15, 0.2) is 23.0 Å². The average Bonchev–Trinajstić information content (AvgIpc) is 2.71. The third-order valence-electron chi connectivity index (χ3n) is 7.32. The van der Waals surface area contributed by atoms with Crippen LogP contribution in [0, 0.1) is 24.2 Å². The molecule has 31 heavy (non-hydrogen) atoms. The Hall–Kier alpha value is -0.760. The maximum Gasteiger partial charge on any atom is 0.121 e. The number of aliphatic hydroxyl groups is 1. The Morgan fingerprint density at radius 1 is 1.10 bits per heavy atom. The largest absolute Gasteiger partial charge is 0.494 e. The first-order chi connectivity index (χ1) is 14.7. The van der Waals surface area contributed by atoms with Crippen LogP contribution < -0.4 is 0 Å². The molecule has 0 fully saturated rings. The van der Waals surface area contributed by atoms with Gasteiger partial charge in [-0.1, -0.05) is 65.4 Å². The van der Waals surface area contributed by atoms with Crippen molar-refractivity contribution < 1.29 is 9.84 Å². The topological polar surface area (TPSA) is 29.5 Å². The van der Waals surface area contributed by atoms with E-state index in [9.17, 15) is 5.11 Å². The van der Waals surface area contributed by atoms with Crippen molar-refractivity contribution in [1.82, 2.24) is 0 Å². The lowest BCUT2D eigenvalue weighted by Crippen LogP contribution is -2.23. The Kier molecular flexibility index (Phi) is 13.8. The lowest BCUT2D eigenvalue weighted by molar-refractivity contribution is 0.0364. The van der Waals surface area contributed by atoms with Crippen LogP contribution in [0.2, 0.25) is 0 Å². The smallest absolute Gasteiger partial charge is 0.121 e. The van der Waals surface area contributed by atoms with Gasteiger partial charge in [-0.25, -0.2) is 0 Å². The fourth-order valence-electron chi connectivity index (χ4n) is 4.78. The van der Waals surface area contributed by atoms with Crippen molar-refractivity contribution in [2.24, 2.45) is 17.8 Å². The fraction of sp³-hybridized carbons (Fsp3) is 0.828. The minimum atomic E-state index is -0.476. The predicted molar refractivity (Wildman–Crippen MR) is 136 cm³/mol. The summed E-state index contributed by atoms with van der Waals surface area (Å²) in [5.41, 5.74) is 2.40. The van der Waals surface area contributed by atoms with Crippen LogP contribution in [0.3, 0.4) is 0 Å². The van der Waals surface area contributed by atoms with E-state index in [0.29, 0.717) is 5.92 Å². The Morgan fingerprint density at radius 2 is 1.71 bits per heavy atom. The number of ether oxygens (including phenoxy) is 1. The van der Waals surface area contributed by atoms with Gasteiger partial charge in [0.2, 0.25) is 0 Å². The molecule has 0 saturated heterocycles. The lowest BCUT2D eigenvalue weighted by Gasteiger charge is -2.25. The fourth-order valence-corrected chi connectivity index (χ4v) is 4.78. The molecule has 2 nitrogen and oxygen atoms in total. The van der Waals surface area contributed by atoms with Crippen LogP contribution in [0.5, 0.6) is 0 Å². The van der Waals surface area contributed by atoms with E-state index in [1.54, 1.807) is 0 Å². The molecule has 1 aliphatic carbocycles. The summed E-state index contributed by atoms with van der Waals surface area (Å²) in [6.45, 7) is 16.3. The standard InChI is InChI=1S/C29H53O2/c1-8-10-11-21-29(7,30)22-13-16-23(3)14-12-15-24(4)17-19-27-20-18-25(5)26(6)28(27)31-9-2/h8,20,23-25,30H,9-19,21-22H2,1-7H3/q-1. The van der Waals surface area contributed by atoms with Gasteiger partial charge in [0.05, 0.1) is 12.2 Å². The van der Waals surface area contributed by atoms with E-state index in [4.69, 9.17) is 4.74 Å². The van der Waals surface area contributed by atoms with Crippen LogP contribution in [0.4, 0.5) is 0 Å². The highest BCUT2D eigenvalue weighted by Gasteiger charge is 2.21. The summed E-state index contributed by atoms with van der Waals surface area (Å²) in [5, 5.41) is 10.5. The molecule has 1 aliphatic rings. The minimum Gasteiger partial charge on any atom is -0.494 e. The van der Waals surface area contributed by atoms with Crippen molar-refractivity contribution >= 4 is 0 Å². The van der Waals surface area contributed by atoms with Gasteiger partial charge >= 0.3 is 0 Å². The Labute approximate surface area is 194 Å². The van der Waals surface area contributed by atoms with Crippen molar-refractivity contribution in [1.29, 1.82) is 0 Å². The van der Waals surface area contributed by atoms with Crippen molar-refractivity contribution in [2.45, 2.75) is 131 Å². The van der Waals surface area contributed by atoms with E-state index < -0.39 is 5.60 Å². The molecule has 2 heteroatoms. The Bertz CT molecular complexity index is 543. The molecule has 4 unspecified atom stereocenters. The third kappa shape index (κ3) is 11.6. The second kappa shape index (κ2) is 15.1. The van der Waals surface area contributed by atoms with Gasteiger partial charge in [-0.2, -0.15) is 13.3 Å². The van der Waals surface area contributed by atoms with Gasteiger partial charge in [-0.05, 0) is 81.8 Å². The summed E-state index contributed by atoms with van der Waals surface area (Å²) < 4.78 is 6.00. The molecule has 0 saturated carbocycles. The zero-order valence-electron chi connectivity index (χ0n) is 21.9. The van der Waals surface area contributed by atoms with E-state index in [1.165, 1.54) is 49.0 Å². The maximum absolute atomic E-state index is 10.5. The maximum atomic E-state index is 10.5. The minimum absolute atomic E-state index is 0.476. The monoisotopic (exact) mass is 433 g/mol. The molecular formula is C29H53O2-. The van der Waals surface area contributed by atoms with E-state index in [1.807, 2.05) is 6.92 Å². The van der Waals surface area contributed by atoms with Gasteiger partial charge in [-0.3, -0.25) is 0 Å². The second-order valence-electron chi connectivity index (χ2n) is 10.7. The van der Waals surface area contributed by atoms with Crippen molar-refractivity contribution in [3.05, 3.63) is 29.4 Å². The summed E-state index contributed by atoms with van der Waals surface area (Å²) in [5.74, 6) is 3.34. The number of unbranched alkanes of at least 4 members (excludes halogenated alkanes) is 2. The number of rotatable bonds is 17. The first kappa shape index (κ1) is 28.3. The Balaban J connectivity index is 2.23. The van der Waals surface area contributed by atoms with Gasteiger partial charge in [0.25, 0.3) is 0 Å². The molecule has 0 aromatic carbocycles. The van der Waals surface area contributed by atoms with Crippen LogP contribution >= 0.6 is 0 Å². The quantitative estimate of drug-likeness (QED) is 0.183. The summed E-state index contributed by atoms with van der Waals surface area (Å²) in [6, 6.07) is 0. The average molecular weight is 434 g/mol. The lowest BCUT2D eigenvalue weighted by atomic mass is 9.85. The summed E-state index contributed by atoms with van der Waals surface area (Å²) in [7, 11) is 0. The van der Waals surface area contributed by atoms with Crippen LogP contribution in [0.25, 0.3) is 0 Å². The molecule has 0 radical (unpaired) electrons. The van der Waals surface area contributed by atoms with E-state index in [0.717, 1.165) is 63.4 Å². The van der Waals surface area contributed by atoms with Gasteiger partial charge < -0.3 is 16.3 Å². The molecule has 0 spiro atoms. The summed E-state index contributed by atoms with van der Waals surface area (Å²) in [6.07, 6.45) is 18.7. The normalized spacial score (nSPS) is 20.9. The molecule has 0 bridgehead atoms.